The molecule has 0 aliphatic carbocycles. The second-order valence-corrected chi connectivity index (χ2v) is 5.00. The minimum Gasteiger partial charge on any atom is -0.367 e. The molecule has 2 rings (SSSR count). The number of primary amides is 1. The number of amides is 1. The lowest BCUT2D eigenvalue weighted by molar-refractivity contribution is -0.147. The van der Waals surface area contributed by atoms with Crippen molar-refractivity contribution >= 4 is 5.91 Å². The van der Waals surface area contributed by atoms with E-state index in [9.17, 15) is 10.1 Å². The maximum absolute atomic E-state index is 11.9. The highest BCUT2D eigenvalue weighted by molar-refractivity contribution is 5.85. The van der Waals surface area contributed by atoms with E-state index in [0.717, 1.165) is 18.5 Å². The van der Waals surface area contributed by atoms with Crippen molar-refractivity contribution < 1.29 is 9.53 Å². The van der Waals surface area contributed by atoms with E-state index in [2.05, 4.69) is 11.4 Å². The smallest absolute Gasteiger partial charge is 0.252 e. The second-order valence-electron chi connectivity index (χ2n) is 5.00. The van der Waals surface area contributed by atoms with Gasteiger partial charge in [0.15, 0.2) is 5.60 Å². The Hall–Kier alpha value is -1.90. The van der Waals surface area contributed by atoms with Gasteiger partial charge in [0.05, 0.1) is 12.0 Å². The fourth-order valence-electron chi connectivity index (χ4n) is 2.49. The highest BCUT2D eigenvalue weighted by atomic mass is 16.5. The van der Waals surface area contributed by atoms with Crippen molar-refractivity contribution in [1.29, 1.82) is 5.26 Å². The van der Waals surface area contributed by atoms with Crippen LogP contribution < -0.4 is 11.1 Å². The molecule has 1 amide bonds. The SMILES string of the molecule is N#C[C@H](Cc1ccccc1)C1(C(N)=O)CNCCCO1. The Balaban J connectivity index is 2.26. The topological polar surface area (TPSA) is 88.1 Å². The third-order valence-corrected chi connectivity index (χ3v) is 3.66. The Kier molecular flexibility index (Phi) is 4.72. The first-order chi connectivity index (χ1) is 9.69. The zero-order valence-corrected chi connectivity index (χ0v) is 11.3. The number of nitrogens with zero attached hydrogens (tertiary/aromatic N) is 1. The number of carbonyl (C=O) groups is 1. The average molecular weight is 273 g/mol. The molecule has 0 saturated carbocycles. The number of hydrogen-bond acceptors (Lipinski definition) is 4. The van der Waals surface area contributed by atoms with Crippen LogP contribution in [0.4, 0.5) is 0 Å². The second kappa shape index (κ2) is 6.51. The molecule has 2 atom stereocenters. The van der Waals surface area contributed by atoms with Crippen LogP contribution in [0.1, 0.15) is 12.0 Å². The van der Waals surface area contributed by atoms with Gasteiger partial charge in [-0.25, -0.2) is 0 Å². The summed E-state index contributed by atoms with van der Waals surface area (Å²) in [5.41, 5.74) is 5.29. The van der Waals surface area contributed by atoms with Crippen molar-refractivity contribution in [3.63, 3.8) is 0 Å². The fourth-order valence-corrected chi connectivity index (χ4v) is 2.49. The van der Waals surface area contributed by atoms with E-state index in [1.165, 1.54) is 0 Å². The number of benzene rings is 1. The largest absolute Gasteiger partial charge is 0.367 e. The Bertz CT molecular complexity index is 488. The maximum atomic E-state index is 11.9. The molecule has 1 aliphatic rings. The van der Waals surface area contributed by atoms with Crippen LogP contribution in [-0.2, 0) is 16.0 Å². The molecule has 5 heteroatoms. The van der Waals surface area contributed by atoms with Gasteiger partial charge in [0.2, 0.25) is 0 Å². The maximum Gasteiger partial charge on any atom is 0.252 e. The molecule has 0 aromatic heterocycles. The predicted molar refractivity (Wildman–Crippen MR) is 74.6 cm³/mol. The third-order valence-electron chi connectivity index (χ3n) is 3.66. The molecular weight excluding hydrogens is 254 g/mol. The molecule has 1 aromatic carbocycles. The van der Waals surface area contributed by atoms with Gasteiger partial charge in [-0.2, -0.15) is 5.26 Å². The van der Waals surface area contributed by atoms with Gasteiger partial charge >= 0.3 is 0 Å². The Morgan fingerprint density at radius 2 is 2.25 bits per heavy atom. The summed E-state index contributed by atoms with van der Waals surface area (Å²) in [5, 5.41) is 12.6. The van der Waals surface area contributed by atoms with E-state index in [0.29, 0.717) is 13.0 Å². The van der Waals surface area contributed by atoms with Crippen LogP contribution in [0.2, 0.25) is 0 Å². The molecule has 0 bridgehead atoms. The third kappa shape index (κ3) is 2.98. The zero-order valence-electron chi connectivity index (χ0n) is 11.3. The molecule has 0 radical (unpaired) electrons. The number of carbonyl (C=O) groups excluding carboxylic acids is 1. The molecule has 1 fully saturated rings. The van der Waals surface area contributed by atoms with E-state index in [1.54, 1.807) is 0 Å². The van der Waals surface area contributed by atoms with Gasteiger partial charge in [-0.3, -0.25) is 4.79 Å². The summed E-state index contributed by atoms with van der Waals surface area (Å²) in [6.07, 6.45) is 1.25. The van der Waals surface area contributed by atoms with Crippen LogP contribution in [0.3, 0.4) is 0 Å². The predicted octanol–water partition coefficient (Wildman–Crippen LogP) is 0.603. The van der Waals surface area contributed by atoms with Crippen LogP contribution >= 0.6 is 0 Å². The van der Waals surface area contributed by atoms with E-state index in [4.69, 9.17) is 10.5 Å². The molecule has 5 nitrogen and oxygen atoms in total. The molecule has 1 aromatic rings. The van der Waals surface area contributed by atoms with Crippen LogP contribution in [0.15, 0.2) is 30.3 Å². The van der Waals surface area contributed by atoms with Crippen LogP contribution in [0, 0.1) is 17.2 Å². The Labute approximate surface area is 118 Å². The molecule has 1 saturated heterocycles. The summed E-state index contributed by atoms with van der Waals surface area (Å²) >= 11 is 0. The van der Waals surface area contributed by atoms with Gasteiger partial charge in [-0.15, -0.1) is 0 Å². The lowest BCUT2D eigenvalue weighted by atomic mass is 9.82. The number of nitrogens with two attached hydrogens (primary N) is 1. The van der Waals surface area contributed by atoms with Crippen molar-refractivity contribution in [3.05, 3.63) is 35.9 Å². The average Bonchev–Trinajstić information content (AvgIpc) is 2.72. The zero-order chi connectivity index (χ0) is 14.4. The number of nitriles is 1. The van der Waals surface area contributed by atoms with Crippen molar-refractivity contribution in [1.82, 2.24) is 5.32 Å². The molecule has 3 N–H and O–H groups in total. The van der Waals surface area contributed by atoms with Crippen molar-refractivity contribution in [2.75, 3.05) is 19.7 Å². The summed E-state index contributed by atoms with van der Waals surface area (Å²) in [5.74, 6) is -1.18. The van der Waals surface area contributed by atoms with Crippen molar-refractivity contribution in [2.24, 2.45) is 11.7 Å². The number of hydrogen-bond donors (Lipinski definition) is 2. The Morgan fingerprint density at radius 3 is 2.90 bits per heavy atom. The fraction of sp³-hybridized carbons (Fsp3) is 0.467. The lowest BCUT2D eigenvalue weighted by Crippen LogP contribution is -2.57. The van der Waals surface area contributed by atoms with Crippen molar-refractivity contribution in [2.45, 2.75) is 18.4 Å². The normalized spacial score (nSPS) is 24.4. The van der Waals surface area contributed by atoms with E-state index in [-0.39, 0.29) is 6.54 Å². The molecular formula is C15H19N3O2. The summed E-state index contributed by atoms with van der Waals surface area (Å²) in [4.78, 5) is 11.9. The molecule has 1 aliphatic heterocycles. The Morgan fingerprint density at radius 1 is 1.50 bits per heavy atom. The van der Waals surface area contributed by atoms with E-state index >= 15 is 0 Å². The molecule has 1 unspecified atom stereocenters. The highest BCUT2D eigenvalue weighted by Crippen LogP contribution is 2.26. The minimum atomic E-state index is -1.25. The number of nitrogens with one attached hydrogen (secondary N) is 1. The highest BCUT2D eigenvalue weighted by Gasteiger charge is 2.46. The first-order valence-electron chi connectivity index (χ1n) is 6.77. The monoisotopic (exact) mass is 273 g/mol. The van der Waals surface area contributed by atoms with Gasteiger partial charge in [-0.05, 0) is 24.9 Å². The standard InChI is InChI=1S/C15H19N3O2/c16-10-13(9-12-5-2-1-3-6-12)15(14(17)19)11-18-7-4-8-20-15/h1-3,5-6,13,18H,4,7-9,11H2,(H2,17,19)/t13-,15?/m0/s1. The lowest BCUT2D eigenvalue weighted by Gasteiger charge is -2.33. The molecule has 0 spiro atoms. The van der Waals surface area contributed by atoms with Gasteiger partial charge in [0.25, 0.3) is 5.91 Å². The van der Waals surface area contributed by atoms with Gasteiger partial charge in [0.1, 0.15) is 0 Å². The van der Waals surface area contributed by atoms with Crippen LogP contribution in [0.25, 0.3) is 0 Å². The number of ether oxygens (including phenoxy) is 1. The summed E-state index contributed by atoms with van der Waals surface area (Å²) in [6, 6.07) is 11.8. The summed E-state index contributed by atoms with van der Waals surface area (Å²) in [6.45, 7) is 1.48. The molecule has 106 valence electrons. The molecule has 1 heterocycles. The van der Waals surface area contributed by atoms with Crippen LogP contribution in [-0.4, -0.2) is 31.2 Å². The summed E-state index contributed by atoms with van der Waals surface area (Å²) in [7, 11) is 0. The first kappa shape index (κ1) is 14.5. The minimum absolute atomic E-state index is 0.285. The first-order valence-corrected chi connectivity index (χ1v) is 6.77. The van der Waals surface area contributed by atoms with Gasteiger partial charge in [0, 0.05) is 13.2 Å². The number of rotatable bonds is 4. The van der Waals surface area contributed by atoms with E-state index < -0.39 is 17.4 Å². The van der Waals surface area contributed by atoms with Gasteiger partial charge < -0.3 is 15.8 Å². The van der Waals surface area contributed by atoms with E-state index in [1.807, 2.05) is 30.3 Å². The van der Waals surface area contributed by atoms with Crippen molar-refractivity contribution in [3.8, 4) is 6.07 Å². The molecule has 20 heavy (non-hydrogen) atoms. The van der Waals surface area contributed by atoms with Crippen LogP contribution in [0.5, 0.6) is 0 Å². The quantitative estimate of drug-likeness (QED) is 0.841. The van der Waals surface area contributed by atoms with Gasteiger partial charge in [-0.1, -0.05) is 30.3 Å². The summed E-state index contributed by atoms with van der Waals surface area (Å²) < 4.78 is 5.72.